The molecule has 1 aliphatic carbocycles. The van der Waals surface area contributed by atoms with E-state index >= 15 is 0 Å². The molecular formula is C26H34N6O3. The Bertz CT molecular complexity index is 1150. The molecule has 3 heterocycles. The zero-order valence-corrected chi connectivity index (χ0v) is 19.9. The van der Waals surface area contributed by atoms with E-state index < -0.39 is 12.2 Å². The Morgan fingerprint density at radius 1 is 1.03 bits per heavy atom. The van der Waals surface area contributed by atoms with E-state index in [1.807, 2.05) is 16.8 Å². The SMILES string of the molecule is O=C1CCc2cn([C@@H]3C[C@H](CNCCCNCCc4ccccc4)[C@@H](O)[C@H]3O)c3ncnc(c23)N1. The van der Waals surface area contributed by atoms with Gasteiger partial charge in [-0.3, -0.25) is 4.79 Å². The second kappa shape index (κ2) is 10.8. The Morgan fingerprint density at radius 3 is 2.71 bits per heavy atom. The van der Waals surface area contributed by atoms with Crippen molar-refractivity contribution in [3.63, 3.8) is 0 Å². The number of carbonyl (C=O) groups excluding carboxylic acids is 1. The summed E-state index contributed by atoms with van der Waals surface area (Å²) in [6.45, 7) is 3.41. The highest BCUT2D eigenvalue weighted by Crippen LogP contribution is 2.39. The van der Waals surface area contributed by atoms with Gasteiger partial charge < -0.3 is 30.7 Å². The van der Waals surface area contributed by atoms with Crippen LogP contribution in [0.5, 0.6) is 0 Å². The van der Waals surface area contributed by atoms with Crippen LogP contribution in [-0.2, 0) is 17.6 Å². The van der Waals surface area contributed by atoms with Crippen molar-refractivity contribution in [2.45, 2.75) is 50.4 Å². The lowest BCUT2D eigenvalue weighted by Crippen LogP contribution is -2.34. The monoisotopic (exact) mass is 478 g/mol. The molecule has 5 rings (SSSR count). The zero-order chi connectivity index (χ0) is 24.2. The third kappa shape index (κ3) is 5.23. The van der Waals surface area contributed by atoms with Gasteiger partial charge in [-0.05, 0) is 56.4 Å². The molecule has 1 amide bonds. The van der Waals surface area contributed by atoms with Gasteiger partial charge in [0.05, 0.1) is 17.5 Å². The standard InChI is InChI=1S/C26H34N6O3/c33-21-8-7-18-15-32(26-22(18)25(31-21)29-16-30-26)20-13-19(23(34)24(20)35)14-28-11-4-10-27-12-9-17-5-2-1-3-6-17/h1-3,5-6,15-16,19-20,23-24,27-28,34-35H,4,7-14H2,(H,29,30,31,33)/t19-,20-,23-,24+/m1/s1. The summed E-state index contributed by atoms with van der Waals surface area (Å²) in [5.41, 5.74) is 3.03. The van der Waals surface area contributed by atoms with E-state index in [0.29, 0.717) is 37.3 Å². The van der Waals surface area contributed by atoms with E-state index in [1.165, 1.54) is 11.9 Å². The lowest BCUT2D eigenvalue weighted by atomic mass is 10.1. The maximum absolute atomic E-state index is 12.0. The number of aliphatic hydroxyl groups is 2. The molecule has 1 saturated carbocycles. The largest absolute Gasteiger partial charge is 0.390 e. The van der Waals surface area contributed by atoms with E-state index in [1.54, 1.807) is 0 Å². The van der Waals surface area contributed by atoms with Crippen LogP contribution in [0.25, 0.3) is 11.0 Å². The van der Waals surface area contributed by atoms with Crippen LogP contribution >= 0.6 is 0 Å². The van der Waals surface area contributed by atoms with Crippen molar-refractivity contribution in [1.29, 1.82) is 0 Å². The minimum absolute atomic E-state index is 0.0455. The fourth-order valence-corrected chi connectivity index (χ4v) is 5.35. The Kier molecular flexibility index (Phi) is 7.38. The normalized spacial score (nSPS) is 24.0. The van der Waals surface area contributed by atoms with Gasteiger partial charge in [-0.2, -0.15) is 0 Å². The third-order valence-corrected chi connectivity index (χ3v) is 7.24. The molecule has 1 fully saturated rings. The fourth-order valence-electron chi connectivity index (χ4n) is 5.35. The van der Waals surface area contributed by atoms with Crippen LogP contribution in [0.4, 0.5) is 5.82 Å². The first-order valence-corrected chi connectivity index (χ1v) is 12.6. The number of anilines is 1. The summed E-state index contributed by atoms with van der Waals surface area (Å²) in [5, 5.41) is 32.2. The highest BCUT2D eigenvalue weighted by atomic mass is 16.3. The number of carbonyl (C=O) groups is 1. The predicted octanol–water partition coefficient (Wildman–Crippen LogP) is 1.41. The second-order valence-electron chi connectivity index (χ2n) is 9.62. The van der Waals surface area contributed by atoms with Crippen LogP contribution in [0.15, 0.2) is 42.9 Å². The summed E-state index contributed by atoms with van der Waals surface area (Å²) in [6.07, 6.45) is 5.41. The number of aliphatic hydroxyl groups excluding tert-OH is 2. The lowest BCUT2D eigenvalue weighted by Gasteiger charge is -2.19. The highest BCUT2D eigenvalue weighted by molar-refractivity contribution is 6.02. The van der Waals surface area contributed by atoms with Gasteiger partial charge >= 0.3 is 0 Å². The van der Waals surface area contributed by atoms with Crippen LogP contribution in [0.3, 0.4) is 0 Å². The summed E-state index contributed by atoms with van der Waals surface area (Å²) < 4.78 is 1.97. The number of rotatable bonds is 10. The number of amides is 1. The number of aromatic nitrogens is 3. The van der Waals surface area contributed by atoms with Gasteiger partial charge in [-0.25, -0.2) is 9.97 Å². The lowest BCUT2D eigenvalue weighted by molar-refractivity contribution is -0.116. The smallest absolute Gasteiger partial charge is 0.225 e. The molecule has 35 heavy (non-hydrogen) atoms. The van der Waals surface area contributed by atoms with Gasteiger partial charge in [0, 0.05) is 25.1 Å². The van der Waals surface area contributed by atoms with Crippen LogP contribution < -0.4 is 16.0 Å². The Labute approximate surface area is 205 Å². The van der Waals surface area contributed by atoms with E-state index in [9.17, 15) is 15.0 Å². The minimum Gasteiger partial charge on any atom is -0.390 e. The molecule has 9 heteroatoms. The summed E-state index contributed by atoms with van der Waals surface area (Å²) in [7, 11) is 0. The van der Waals surface area contributed by atoms with Gasteiger partial charge in [-0.15, -0.1) is 0 Å². The van der Waals surface area contributed by atoms with E-state index in [-0.39, 0.29) is 17.9 Å². The molecular weight excluding hydrogens is 444 g/mol. The summed E-state index contributed by atoms with van der Waals surface area (Å²) in [6, 6.07) is 10.2. The third-order valence-electron chi connectivity index (χ3n) is 7.24. The maximum Gasteiger partial charge on any atom is 0.225 e. The molecule has 0 radical (unpaired) electrons. The van der Waals surface area contributed by atoms with Crippen molar-refractivity contribution in [3.05, 3.63) is 54.0 Å². The molecule has 1 aliphatic heterocycles. The number of aryl methyl sites for hydroxylation is 1. The van der Waals surface area contributed by atoms with Gasteiger partial charge in [0.15, 0.2) is 0 Å². The Hall–Kier alpha value is -2.85. The van der Waals surface area contributed by atoms with Crippen LogP contribution in [0.1, 0.15) is 36.4 Å². The minimum atomic E-state index is -0.874. The van der Waals surface area contributed by atoms with Gasteiger partial charge in [0.2, 0.25) is 5.91 Å². The van der Waals surface area contributed by atoms with Crippen LogP contribution in [0, 0.1) is 5.92 Å². The summed E-state index contributed by atoms with van der Waals surface area (Å²) in [5.74, 6) is 0.423. The quantitative estimate of drug-likeness (QED) is 0.279. The number of hydrogen-bond acceptors (Lipinski definition) is 7. The van der Waals surface area contributed by atoms with Gasteiger partial charge in [-0.1, -0.05) is 30.3 Å². The predicted molar refractivity (Wildman–Crippen MR) is 134 cm³/mol. The number of hydrogen-bond donors (Lipinski definition) is 5. The topological polar surface area (TPSA) is 124 Å². The summed E-state index contributed by atoms with van der Waals surface area (Å²) >= 11 is 0. The van der Waals surface area contributed by atoms with Crippen molar-refractivity contribution in [2.75, 3.05) is 31.5 Å². The maximum atomic E-state index is 12.0. The van der Waals surface area contributed by atoms with E-state index in [0.717, 1.165) is 43.4 Å². The number of nitrogens with zero attached hydrogens (tertiary/aromatic N) is 3. The first kappa shape index (κ1) is 23.9. The molecule has 5 N–H and O–H groups in total. The Balaban J connectivity index is 1.12. The number of benzene rings is 1. The molecule has 0 bridgehead atoms. The van der Waals surface area contributed by atoms with Crippen molar-refractivity contribution < 1.29 is 15.0 Å². The molecule has 9 nitrogen and oxygen atoms in total. The van der Waals surface area contributed by atoms with Crippen molar-refractivity contribution in [2.24, 2.45) is 5.92 Å². The molecule has 0 saturated heterocycles. The molecule has 2 aromatic heterocycles. The van der Waals surface area contributed by atoms with Crippen LogP contribution in [0.2, 0.25) is 0 Å². The molecule has 1 aromatic carbocycles. The van der Waals surface area contributed by atoms with Crippen molar-refractivity contribution in [1.82, 2.24) is 25.2 Å². The first-order chi connectivity index (χ1) is 17.1. The molecule has 4 atom stereocenters. The second-order valence-corrected chi connectivity index (χ2v) is 9.62. The fraction of sp³-hybridized carbons (Fsp3) is 0.500. The van der Waals surface area contributed by atoms with Crippen molar-refractivity contribution in [3.8, 4) is 0 Å². The number of nitrogens with one attached hydrogen (secondary N) is 3. The van der Waals surface area contributed by atoms with Crippen molar-refractivity contribution >= 4 is 22.8 Å². The van der Waals surface area contributed by atoms with Gasteiger partial charge in [0.25, 0.3) is 0 Å². The average molecular weight is 479 g/mol. The Morgan fingerprint density at radius 2 is 1.86 bits per heavy atom. The molecule has 0 spiro atoms. The molecule has 3 aromatic rings. The molecule has 186 valence electrons. The van der Waals surface area contributed by atoms with Gasteiger partial charge in [0.1, 0.15) is 23.9 Å². The first-order valence-electron chi connectivity index (χ1n) is 12.6. The molecule has 0 unspecified atom stereocenters. The van der Waals surface area contributed by atoms with Crippen LogP contribution in [-0.4, -0.2) is 69.0 Å². The zero-order valence-electron chi connectivity index (χ0n) is 19.9. The average Bonchev–Trinajstić information content (AvgIpc) is 3.31. The highest BCUT2D eigenvalue weighted by Gasteiger charge is 2.43. The van der Waals surface area contributed by atoms with E-state index in [4.69, 9.17) is 0 Å². The molecule has 2 aliphatic rings. The van der Waals surface area contributed by atoms with E-state index in [2.05, 4.69) is 50.2 Å². The summed E-state index contributed by atoms with van der Waals surface area (Å²) in [4.78, 5) is 20.7.